The maximum Gasteiger partial charge on any atom is 0.311 e. The third kappa shape index (κ3) is 3.49. The number of carbonyl (C=O) groups excluding carboxylic acids is 3. The molecule has 0 radical (unpaired) electrons. The molecule has 0 heterocycles. The van der Waals surface area contributed by atoms with Crippen molar-refractivity contribution in [2.75, 3.05) is 6.79 Å². The number of ether oxygens (including phenoxy) is 3. The van der Waals surface area contributed by atoms with Crippen molar-refractivity contribution in [2.24, 2.45) is 47.3 Å². The van der Waals surface area contributed by atoms with E-state index in [2.05, 4.69) is 0 Å². The zero-order valence-corrected chi connectivity index (χ0v) is 18.1. The number of Topliss-reactive ketones (excluding diaryl/α,β-unsaturated/α-hetero) is 1. The second kappa shape index (κ2) is 7.92. The van der Waals surface area contributed by atoms with Gasteiger partial charge in [0.25, 0.3) is 0 Å². The smallest absolute Gasteiger partial charge is 0.311 e. The molecule has 6 nitrogen and oxygen atoms in total. The van der Waals surface area contributed by atoms with Crippen molar-refractivity contribution in [1.82, 2.24) is 0 Å². The molecule has 0 N–H and O–H groups in total. The summed E-state index contributed by atoms with van der Waals surface area (Å²) in [6.45, 7) is 3.79. The lowest BCUT2D eigenvalue weighted by Gasteiger charge is -2.52. The Labute approximate surface area is 178 Å². The van der Waals surface area contributed by atoms with E-state index in [4.69, 9.17) is 14.2 Å². The summed E-state index contributed by atoms with van der Waals surface area (Å²) < 4.78 is 17.3. The lowest BCUT2D eigenvalue weighted by atomic mass is 9.54. The van der Waals surface area contributed by atoms with Crippen LogP contribution in [-0.4, -0.2) is 36.7 Å². The fourth-order valence-corrected chi connectivity index (χ4v) is 7.23. The standard InChI is InChI=1S/C24H34O6/c1-3-12(2)23(26)30-20-9-14-6-17(20)18(7-14)24(27)29-11-28-22-16-5-13-4-15(10-16)21(25)19(22)8-13/h12-20,22H,3-11H2,1-2H3. The summed E-state index contributed by atoms with van der Waals surface area (Å²) >= 11 is 0. The lowest BCUT2D eigenvalue weighted by molar-refractivity contribution is -0.193. The van der Waals surface area contributed by atoms with Crippen molar-refractivity contribution in [2.45, 2.75) is 77.4 Å². The van der Waals surface area contributed by atoms with Crippen molar-refractivity contribution in [3.63, 3.8) is 0 Å². The summed E-state index contributed by atoms with van der Waals surface area (Å²) in [5.74, 6) is 1.55. The van der Waals surface area contributed by atoms with Gasteiger partial charge in [-0.2, -0.15) is 0 Å². The summed E-state index contributed by atoms with van der Waals surface area (Å²) in [7, 11) is 0. The highest BCUT2D eigenvalue weighted by atomic mass is 16.7. The molecule has 10 unspecified atom stereocenters. The van der Waals surface area contributed by atoms with E-state index in [1.165, 1.54) is 0 Å². The largest absolute Gasteiger partial charge is 0.462 e. The highest BCUT2D eigenvalue weighted by molar-refractivity contribution is 5.86. The zero-order valence-electron chi connectivity index (χ0n) is 18.1. The monoisotopic (exact) mass is 418 g/mol. The minimum absolute atomic E-state index is 0.00629. The predicted octanol–water partition coefficient (Wildman–Crippen LogP) is 3.51. The Morgan fingerprint density at radius 3 is 2.60 bits per heavy atom. The Morgan fingerprint density at radius 1 is 1.03 bits per heavy atom. The Morgan fingerprint density at radius 2 is 1.83 bits per heavy atom. The van der Waals surface area contributed by atoms with Gasteiger partial charge in [0, 0.05) is 17.8 Å². The second-order valence-electron chi connectivity index (χ2n) is 10.6. The predicted molar refractivity (Wildman–Crippen MR) is 107 cm³/mol. The SMILES string of the molecule is CCC(C)C(=O)OC1CC2CC(C(=O)OCOC3C4CC5CC(C4)C(=O)C3C5)C1C2. The Kier molecular flexibility index (Phi) is 5.41. The van der Waals surface area contributed by atoms with Gasteiger partial charge in [0.1, 0.15) is 11.9 Å². The number of fused-ring (bicyclic) bond motifs is 2. The van der Waals surface area contributed by atoms with Crippen molar-refractivity contribution in [3.05, 3.63) is 0 Å². The first-order valence-electron chi connectivity index (χ1n) is 12.0. The average molecular weight is 419 g/mol. The molecule has 6 fully saturated rings. The van der Waals surface area contributed by atoms with Gasteiger partial charge in [0.2, 0.25) is 0 Å². The summed E-state index contributed by atoms with van der Waals surface area (Å²) in [6, 6.07) is 0. The molecule has 0 saturated heterocycles. The van der Waals surface area contributed by atoms with Crippen LogP contribution in [0.1, 0.15) is 65.2 Å². The first-order valence-corrected chi connectivity index (χ1v) is 12.0. The van der Waals surface area contributed by atoms with Crippen LogP contribution in [0, 0.1) is 47.3 Å². The van der Waals surface area contributed by atoms with Gasteiger partial charge in [-0.15, -0.1) is 0 Å². The summed E-state index contributed by atoms with van der Waals surface area (Å²) in [5.41, 5.74) is 0. The molecule has 6 aliphatic rings. The Bertz CT molecular complexity index is 718. The fraction of sp³-hybridized carbons (Fsp3) is 0.875. The van der Waals surface area contributed by atoms with Crippen LogP contribution in [0.5, 0.6) is 0 Å². The first kappa shape index (κ1) is 20.5. The van der Waals surface area contributed by atoms with E-state index < -0.39 is 0 Å². The molecule has 0 aromatic heterocycles. The third-order valence-corrected chi connectivity index (χ3v) is 8.86. The molecule has 166 valence electrons. The van der Waals surface area contributed by atoms with Gasteiger partial charge in [-0.25, -0.2) is 0 Å². The average Bonchev–Trinajstić information content (AvgIpc) is 3.33. The maximum atomic E-state index is 12.8. The van der Waals surface area contributed by atoms with Crippen LogP contribution in [-0.2, 0) is 28.6 Å². The van der Waals surface area contributed by atoms with E-state index in [0.29, 0.717) is 23.5 Å². The number of ketones is 1. The lowest BCUT2D eigenvalue weighted by Crippen LogP contribution is -2.55. The van der Waals surface area contributed by atoms with E-state index in [0.717, 1.165) is 51.4 Å². The third-order valence-electron chi connectivity index (χ3n) is 8.86. The molecule has 6 aliphatic carbocycles. The molecular weight excluding hydrogens is 384 g/mol. The number of hydrogen-bond acceptors (Lipinski definition) is 6. The second-order valence-corrected chi connectivity index (χ2v) is 10.6. The van der Waals surface area contributed by atoms with E-state index >= 15 is 0 Å². The van der Waals surface area contributed by atoms with E-state index in [1.54, 1.807) is 0 Å². The summed E-state index contributed by atoms with van der Waals surface area (Å²) in [6.07, 6.45) is 7.24. The van der Waals surface area contributed by atoms with E-state index in [9.17, 15) is 14.4 Å². The van der Waals surface area contributed by atoms with Crippen LogP contribution in [0.25, 0.3) is 0 Å². The molecule has 10 atom stereocenters. The van der Waals surface area contributed by atoms with Crippen LogP contribution >= 0.6 is 0 Å². The molecule has 0 spiro atoms. The first-order chi connectivity index (χ1) is 14.4. The number of hydrogen-bond donors (Lipinski definition) is 0. The molecule has 0 aliphatic heterocycles. The van der Waals surface area contributed by atoms with Gasteiger partial charge in [-0.05, 0) is 69.1 Å². The molecule has 0 amide bonds. The molecule has 6 rings (SSSR count). The van der Waals surface area contributed by atoms with Crippen molar-refractivity contribution in [3.8, 4) is 0 Å². The van der Waals surface area contributed by atoms with Gasteiger partial charge in [-0.3, -0.25) is 14.4 Å². The molecule has 0 aromatic carbocycles. The van der Waals surface area contributed by atoms with E-state index in [1.807, 2.05) is 13.8 Å². The van der Waals surface area contributed by atoms with Crippen LogP contribution in [0.4, 0.5) is 0 Å². The molecule has 0 aromatic rings. The molecule has 6 heteroatoms. The maximum absolute atomic E-state index is 12.8. The van der Waals surface area contributed by atoms with Gasteiger partial charge < -0.3 is 14.2 Å². The Hall–Kier alpha value is -1.43. The Balaban J connectivity index is 1.12. The summed E-state index contributed by atoms with van der Waals surface area (Å²) in [5, 5.41) is 0. The number of esters is 2. The highest BCUT2D eigenvalue weighted by Crippen LogP contribution is 2.53. The fourth-order valence-electron chi connectivity index (χ4n) is 7.23. The number of carbonyl (C=O) groups is 3. The van der Waals surface area contributed by atoms with Gasteiger partial charge in [0.15, 0.2) is 6.79 Å². The zero-order chi connectivity index (χ0) is 21.0. The minimum atomic E-state index is -0.234. The van der Waals surface area contributed by atoms with Crippen LogP contribution in [0.3, 0.4) is 0 Å². The normalized spacial score (nSPS) is 44.3. The molecular formula is C24H34O6. The molecule has 6 bridgehead atoms. The van der Waals surface area contributed by atoms with Crippen molar-refractivity contribution < 1.29 is 28.6 Å². The van der Waals surface area contributed by atoms with Crippen molar-refractivity contribution >= 4 is 17.7 Å². The minimum Gasteiger partial charge on any atom is -0.462 e. The van der Waals surface area contributed by atoms with Gasteiger partial charge in [-0.1, -0.05) is 13.8 Å². The molecule has 30 heavy (non-hydrogen) atoms. The topological polar surface area (TPSA) is 78.9 Å². The van der Waals surface area contributed by atoms with Crippen LogP contribution < -0.4 is 0 Å². The highest BCUT2D eigenvalue weighted by Gasteiger charge is 2.54. The molecule has 6 saturated carbocycles. The van der Waals surface area contributed by atoms with Gasteiger partial charge >= 0.3 is 11.9 Å². The van der Waals surface area contributed by atoms with E-state index in [-0.39, 0.29) is 60.5 Å². The van der Waals surface area contributed by atoms with Crippen molar-refractivity contribution in [1.29, 1.82) is 0 Å². The quantitative estimate of drug-likeness (QED) is 0.465. The van der Waals surface area contributed by atoms with Crippen LogP contribution in [0.2, 0.25) is 0 Å². The summed E-state index contributed by atoms with van der Waals surface area (Å²) in [4.78, 5) is 37.5. The van der Waals surface area contributed by atoms with Crippen LogP contribution in [0.15, 0.2) is 0 Å². The number of rotatable bonds is 7. The van der Waals surface area contributed by atoms with Gasteiger partial charge in [0.05, 0.1) is 17.9 Å².